The molecule has 0 radical (unpaired) electrons. The molecule has 262 valence electrons. The van der Waals surface area contributed by atoms with Crippen LogP contribution in [0.1, 0.15) is 58.1 Å². The average molecular weight is 704 g/mol. The molecule has 2 atom stereocenters. The topological polar surface area (TPSA) is 4.93 Å². The number of aromatic nitrogens is 1. The van der Waals surface area contributed by atoms with E-state index < -0.39 is 0 Å². The minimum Gasteiger partial charge on any atom is -0.309 e. The van der Waals surface area contributed by atoms with Crippen molar-refractivity contribution in [3.63, 3.8) is 0 Å². The Kier molecular flexibility index (Phi) is 7.66. The van der Waals surface area contributed by atoms with Crippen molar-refractivity contribution in [2.45, 2.75) is 37.5 Å². The van der Waals surface area contributed by atoms with Crippen molar-refractivity contribution >= 4 is 21.8 Å². The molecule has 0 spiro atoms. The molecule has 0 amide bonds. The van der Waals surface area contributed by atoms with Gasteiger partial charge in [-0.05, 0) is 117 Å². The van der Waals surface area contributed by atoms with Gasteiger partial charge in [-0.25, -0.2) is 0 Å². The van der Waals surface area contributed by atoms with E-state index in [1.807, 2.05) is 0 Å². The quantitative estimate of drug-likeness (QED) is 0.162. The number of benzene rings is 8. The van der Waals surface area contributed by atoms with Gasteiger partial charge in [0.15, 0.2) is 0 Å². The number of fused-ring (bicyclic) bond motifs is 10. The molecule has 2 unspecified atom stereocenters. The van der Waals surface area contributed by atoms with E-state index >= 15 is 0 Å². The van der Waals surface area contributed by atoms with Crippen molar-refractivity contribution in [3.8, 4) is 39.1 Å². The number of hydrogen-bond acceptors (Lipinski definition) is 0. The van der Waals surface area contributed by atoms with Gasteiger partial charge >= 0.3 is 0 Å². The molecule has 55 heavy (non-hydrogen) atoms. The Bertz CT molecular complexity index is 2860. The van der Waals surface area contributed by atoms with E-state index in [0.717, 1.165) is 25.7 Å². The molecular weight excluding hydrogens is 663 g/mol. The van der Waals surface area contributed by atoms with Gasteiger partial charge in [0.05, 0.1) is 11.0 Å². The number of nitrogens with zero attached hydrogens (tertiary/aromatic N) is 1. The Morgan fingerprint density at radius 1 is 0.491 bits per heavy atom. The molecule has 0 fully saturated rings. The van der Waals surface area contributed by atoms with E-state index in [9.17, 15) is 0 Å². The van der Waals surface area contributed by atoms with Crippen molar-refractivity contribution in [3.05, 3.63) is 221 Å². The van der Waals surface area contributed by atoms with Crippen LogP contribution in [-0.2, 0) is 12.8 Å². The molecule has 2 aliphatic rings. The van der Waals surface area contributed by atoms with Gasteiger partial charge in [0, 0.05) is 28.3 Å². The van der Waals surface area contributed by atoms with E-state index in [1.165, 1.54) is 94.3 Å². The van der Waals surface area contributed by atoms with Crippen LogP contribution in [0.3, 0.4) is 0 Å². The van der Waals surface area contributed by atoms with Gasteiger partial charge in [0.25, 0.3) is 0 Å². The molecule has 9 aromatic rings. The molecule has 11 rings (SSSR count). The zero-order valence-corrected chi connectivity index (χ0v) is 30.8. The lowest BCUT2D eigenvalue weighted by Gasteiger charge is -2.24. The van der Waals surface area contributed by atoms with E-state index in [1.54, 1.807) is 0 Å². The maximum Gasteiger partial charge on any atom is 0.0544 e. The highest BCUT2D eigenvalue weighted by Crippen LogP contribution is 2.55. The van der Waals surface area contributed by atoms with E-state index in [-0.39, 0.29) is 5.92 Å². The van der Waals surface area contributed by atoms with E-state index in [0.29, 0.717) is 5.92 Å². The first-order valence-corrected chi connectivity index (χ1v) is 19.9. The molecule has 0 N–H and O–H groups in total. The van der Waals surface area contributed by atoms with Crippen LogP contribution in [-0.4, -0.2) is 4.57 Å². The summed E-state index contributed by atoms with van der Waals surface area (Å²) in [5.41, 5.74) is 20.6. The van der Waals surface area contributed by atoms with Crippen molar-refractivity contribution < 1.29 is 0 Å². The first kappa shape index (κ1) is 32.0. The van der Waals surface area contributed by atoms with Crippen LogP contribution >= 0.6 is 0 Å². The lowest BCUT2D eigenvalue weighted by molar-refractivity contribution is 0.717. The molecule has 8 aromatic carbocycles. The second-order valence-electron chi connectivity index (χ2n) is 15.4. The Morgan fingerprint density at radius 3 is 2.04 bits per heavy atom. The zero-order chi connectivity index (χ0) is 36.3. The Morgan fingerprint density at radius 2 is 1.18 bits per heavy atom. The Balaban J connectivity index is 1.08. The molecule has 1 aromatic heterocycles. The van der Waals surface area contributed by atoms with Gasteiger partial charge in [-0.3, -0.25) is 0 Å². The molecule has 0 saturated carbocycles. The Labute approximate surface area is 323 Å². The van der Waals surface area contributed by atoms with E-state index in [4.69, 9.17) is 0 Å². The van der Waals surface area contributed by atoms with E-state index in [2.05, 4.69) is 193 Å². The third-order valence-electron chi connectivity index (χ3n) is 12.5. The molecule has 0 aliphatic heterocycles. The lowest BCUT2D eigenvalue weighted by atomic mass is 9.79. The van der Waals surface area contributed by atoms with Gasteiger partial charge < -0.3 is 4.57 Å². The molecule has 1 heterocycles. The summed E-state index contributed by atoms with van der Waals surface area (Å²) in [6.45, 7) is 0. The fourth-order valence-corrected chi connectivity index (χ4v) is 9.98. The first-order valence-electron chi connectivity index (χ1n) is 19.9. The lowest BCUT2D eigenvalue weighted by Crippen LogP contribution is -2.07. The maximum absolute atomic E-state index is 2.51. The second-order valence-corrected chi connectivity index (χ2v) is 15.4. The minimum atomic E-state index is 0.266. The van der Waals surface area contributed by atoms with Crippen molar-refractivity contribution in [2.75, 3.05) is 0 Å². The summed E-state index contributed by atoms with van der Waals surface area (Å²) < 4.78 is 2.48. The van der Waals surface area contributed by atoms with Crippen LogP contribution in [0.2, 0.25) is 0 Å². The van der Waals surface area contributed by atoms with Crippen LogP contribution in [0.5, 0.6) is 0 Å². The molecular formula is C54H41N. The predicted octanol–water partition coefficient (Wildman–Crippen LogP) is 13.9. The van der Waals surface area contributed by atoms with Crippen LogP contribution in [0.4, 0.5) is 0 Å². The van der Waals surface area contributed by atoms with Crippen molar-refractivity contribution in [1.29, 1.82) is 0 Å². The first-order chi connectivity index (χ1) is 27.3. The van der Waals surface area contributed by atoms with Crippen LogP contribution in [0.15, 0.2) is 188 Å². The van der Waals surface area contributed by atoms with Crippen LogP contribution < -0.4 is 0 Å². The summed E-state index contributed by atoms with van der Waals surface area (Å²) in [6, 6.07) is 70.4. The van der Waals surface area contributed by atoms with Crippen molar-refractivity contribution in [1.82, 2.24) is 4.57 Å². The third-order valence-corrected chi connectivity index (χ3v) is 12.5. The normalized spacial score (nSPS) is 15.6. The van der Waals surface area contributed by atoms with Gasteiger partial charge in [0.2, 0.25) is 0 Å². The number of rotatable bonds is 6. The summed E-state index contributed by atoms with van der Waals surface area (Å²) in [5, 5.41) is 2.59. The summed E-state index contributed by atoms with van der Waals surface area (Å²) in [7, 11) is 0. The smallest absolute Gasteiger partial charge is 0.0544 e. The fraction of sp³-hybridized carbons (Fsp3) is 0.111. The van der Waals surface area contributed by atoms with Gasteiger partial charge in [-0.1, -0.05) is 164 Å². The summed E-state index contributed by atoms with van der Waals surface area (Å²) in [6.07, 6.45) is 4.27. The maximum atomic E-state index is 2.51. The molecule has 0 bridgehead atoms. The zero-order valence-electron chi connectivity index (χ0n) is 30.8. The highest BCUT2D eigenvalue weighted by molar-refractivity contribution is 6.09. The third kappa shape index (κ3) is 5.29. The molecule has 1 heteroatoms. The minimum absolute atomic E-state index is 0.266. The summed E-state index contributed by atoms with van der Waals surface area (Å²) in [4.78, 5) is 0. The summed E-state index contributed by atoms with van der Waals surface area (Å²) in [5.74, 6) is 0.611. The van der Waals surface area contributed by atoms with Crippen LogP contribution in [0, 0.1) is 0 Å². The predicted molar refractivity (Wildman–Crippen MR) is 230 cm³/mol. The van der Waals surface area contributed by atoms with Gasteiger partial charge in [-0.2, -0.15) is 0 Å². The fourth-order valence-electron chi connectivity index (χ4n) is 9.98. The SMILES string of the molecule is c1ccc(CCC2c3ccccc3-c3ccc4c(c32)-c2ccccc2CCC4c2ccc3c4ccccc4n(-c4ccc(-c5ccccc5)cc4)c3c2)cc1. The largest absolute Gasteiger partial charge is 0.309 e. The molecule has 0 saturated heterocycles. The number of aryl methyl sites for hydroxylation is 2. The average Bonchev–Trinajstić information content (AvgIpc) is 3.69. The number of hydrogen-bond donors (Lipinski definition) is 0. The van der Waals surface area contributed by atoms with Crippen molar-refractivity contribution in [2.24, 2.45) is 0 Å². The van der Waals surface area contributed by atoms with Gasteiger partial charge in [0.1, 0.15) is 0 Å². The Hall–Kier alpha value is -6.44. The highest BCUT2D eigenvalue weighted by Gasteiger charge is 2.35. The van der Waals surface area contributed by atoms with Crippen LogP contribution in [0.25, 0.3) is 60.9 Å². The summed E-state index contributed by atoms with van der Waals surface area (Å²) >= 11 is 0. The molecule has 1 nitrogen and oxygen atoms in total. The number of para-hydroxylation sites is 1. The standard InChI is InChI=1S/C54H41N/c1-3-13-36(14-4-1)23-30-49-44-19-9-10-20-45(44)50-34-33-48-42(31-26-39-17-7-8-18-43(39)53(48)54(49)50)40-27-32-47-46-21-11-12-22-51(46)55(52(47)35-40)41-28-24-38(25-29-41)37-15-5-2-6-16-37/h1-22,24-25,27-29,32-35,42,49H,23,26,30-31H2. The monoisotopic (exact) mass is 703 g/mol. The highest BCUT2D eigenvalue weighted by atomic mass is 15.0. The second kappa shape index (κ2) is 13.1. The van der Waals surface area contributed by atoms with Gasteiger partial charge in [-0.15, -0.1) is 0 Å². The molecule has 2 aliphatic carbocycles.